The van der Waals surface area contributed by atoms with Crippen LogP contribution in [0.3, 0.4) is 0 Å². The van der Waals surface area contributed by atoms with Crippen molar-refractivity contribution >= 4 is 17.5 Å². The molecule has 0 aliphatic rings. The molecule has 1 aromatic heterocycles. The number of hydrogen-bond donors (Lipinski definition) is 0. The van der Waals surface area contributed by atoms with Crippen LogP contribution in [0, 0.1) is 0 Å². The standard InChI is InChI=1S/C27H25N3O2S/c1-3-18-30-25(19-32-24-17-11-10-16-23(24)21-12-6-4-7-13-21)28-29-27(30)33-20(2)26(31)22-14-8-5-9-15-22/h3-17,20H,1,18-19H2,2H3/t20-/m1/s1. The van der Waals surface area contributed by atoms with Gasteiger partial charge in [-0.2, -0.15) is 0 Å². The maximum absolute atomic E-state index is 12.8. The number of hydrogen-bond acceptors (Lipinski definition) is 5. The average Bonchev–Trinajstić information content (AvgIpc) is 3.24. The number of aromatic nitrogens is 3. The number of Topliss-reactive ketones (excluding diaryl/α,β-unsaturated/α-hetero) is 1. The Labute approximate surface area is 198 Å². The summed E-state index contributed by atoms with van der Waals surface area (Å²) in [6.45, 7) is 6.53. The Balaban J connectivity index is 1.51. The molecule has 0 N–H and O–H groups in total. The predicted octanol–water partition coefficient (Wildman–Crippen LogP) is 6.07. The largest absolute Gasteiger partial charge is 0.485 e. The number of para-hydroxylation sites is 1. The van der Waals surface area contributed by atoms with Crippen molar-refractivity contribution in [2.24, 2.45) is 0 Å². The van der Waals surface area contributed by atoms with Crippen molar-refractivity contribution in [3.63, 3.8) is 0 Å². The molecule has 0 amide bonds. The van der Waals surface area contributed by atoms with Gasteiger partial charge in [-0.25, -0.2) is 0 Å². The number of benzene rings is 3. The van der Waals surface area contributed by atoms with Gasteiger partial charge in [-0.15, -0.1) is 16.8 Å². The number of carbonyl (C=O) groups excluding carboxylic acids is 1. The molecule has 0 saturated heterocycles. The van der Waals surface area contributed by atoms with Crippen molar-refractivity contribution in [2.75, 3.05) is 0 Å². The molecule has 0 radical (unpaired) electrons. The van der Waals surface area contributed by atoms with E-state index in [1.54, 1.807) is 6.08 Å². The fraction of sp³-hybridized carbons (Fsp3) is 0.148. The molecule has 5 nitrogen and oxygen atoms in total. The number of nitrogens with zero attached hydrogens (tertiary/aromatic N) is 3. The van der Waals surface area contributed by atoms with Gasteiger partial charge in [0.25, 0.3) is 0 Å². The zero-order valence-electron chi connectivity index (χ0n) is 18.4. The molecule has 0 unspecified atom stereocenters. The van der Waals surface area contributed by atoms with Crippen LogP contribution in [0.15, 0.2) is 103 Å². The first-order valence-electron chi connectivity index (χ1n) is 10.7. The first-order chi connectivity index (χ1) is 16.2. The molecule has 4 rings (SSSR count). The zero-order valence-corrected chi connectivity index (χ0v) is 19.2. The van der Waals surface area contributed by atoms with Crippen LogP contribution in [0.5, 0.6) is 5.75 Å². The van der Waals surface area contributed by atoms with Gasteiger partial charge in [-0.3, -0.25) is 9.36 Å². The highest BCUT2D eigenvalue weighted by Crippen LogP contribution is 2.30. The number of ketones is 1. The van der Waals surface area contributed by atoms with E-state index in [1.165, 1.54) is 11.8 Å². The summed E-state index contributed by atoms with van der Waals surface area (Å²) in [5.41, 5.74) is 2.79. The number of carbonyl (C=O) groups is 1. The first kappa shape index (κ1) is 22.6. The van der Waals surface area contributed by atoms with Crippen molar-refractivity contribution in [1.82, 2.24) is 14.8 Å². The van der Waals surface area contributed by atoms with Crippen LogP contribution >= 0.6 is 11.8 Å². The molecule has 3 aromatic carbocycles. The maximum Gasteiger partial charge on any atom is 0.192 e. The van der Waals surface area contributed by atoms with Crippen LogP contribution in [0.4, 0.5) is 0 Å². The number of ether oxygens (including phenoxy) is 1. The minimum Gasteiger partial charge on any atom is -0.485 e. The van der Waals surface area contributed by atoms with E-state index in [0.29, 0.717) is 23.1 Å². The monoisotopic (exact) mass is 455 g/mol. The second-order valence-electron chi connectivity index (χ2n) is 7.44. The van der Waals surface area contributed by atoms with Crippen molar-refractivity contribution < 1.29 is 9.53 Å². The van der Waals surface area contributed by atoms with Gasteiger partial charge in [0.15, 0.2) is 16.8 Å². The third-order valence-electron chi connectivity index (χ3n) is 5.14. The lowest BCUT2D eigenvalue weighted by atomic mass is 10.1. The van der Waals surface area contributed by atoms with Gasteiger partial charge >= 0.3 is 0 Å². The summed E-state index contributed by atoms with van der Waals surface area (Å²) < 4.78 is 8.11. The number of allylic oxidation sites excluding steroid dienone is 1. The quantitative estimate of drug-likeness (QED) is 0.165. The Kier molecular flexibility index (Phi) is 7.37. The molecule has 0 spiro atoms. The predicted molar refractivity (Wildman–Crippen MR) is 133 cm³/mol. The number of rotatable bonds is 10. The van der Waals surface area contributed by atoms with E-state index in [9.17, 15) is 4.79 Å². The van der Waals surface area contributed by atoms with Gasteiger partial charge in [0.05, 0.1) is 5.25 Å². The molecule has 0 bridgehead atoms. The van der Waals surface area contributed by atoms with Crippen LogP contribution in [0.1, 0.15) is 23.1 Å². The molecular weight excluding hydrogens is 430 g/mol. The fourth-order valence-corrected chi connectivity index (χ4v) is 4.42. The average molecular weight is 456 g/mol. The maximum atomic E-state index is 12.8. The van der Waals surface area contributed by atoms with Gasteiger partial charge in [-0.1, -0.05) is 96.7 Å². The molecule has 1 atom stereocenters. The molecule has 0 aliphatic carbocycles. The molecule has 4 aromatic rings. The Bertz CT molecular complexity index is 1220. The van der Waals surface area contributed by atoms with Crippen LogP contribution in [0.2, 0.25) is 0 Å². The first-order valence-corrected chi connectivity index (χ1v) is 11.6. The molecule has 6 heteroatoms. The van der Waals surface area contributed by atoms with E-state index in [0.717, 1.165) is 16.9 Å². The highest BCUT2D eigenvalue weighted by atomic mass is 32.2. The highest BCUT2D eigenvalue weighted by molar-refractivity contribution is 8.00. The Hall–Kier alpha value is -3.64. The van der Waals surface area contributed by atoms with Gasteiger partial charge in [0.2, 0.25) is 0 Å². The Morgan fingerprint density at radius 3 is 2.39 bits per heavy atom. The Morgan fingerprint density at radius 1 is 1.00 bits per heavy atom. The van der Waals surface area contributed by atoms with E-state index in [2.05, 4.69) is 28.9 Å². The fourth-order valence-electron chi connectivity index (χ4n) is 3.47. The van der Waals surface area contributed by atoms with Crippen LogP contribution in [-0.2, 0) is 13.2 Å². The van der Waals surface area contributed by atoms with Crippen molar-refractivity contribution in [1.29, 1.82) is 0 Å². The highest BCUT2D eigenvalue weighted by Gasteiger charge is 2.21. The normalized spacial score (nSPS) is 11.7. The topological polar surface area (TPSA) is 57.0 Å². The SMILES string of the molecule is C=CCn1c(COc2ccccc2-c2ccccc2)nnc1S[C@H](C)C(=O)c1ccccc1. The smallest absolute Gasteiger partial charge is 0.192 e. The third-order valence-corrected chi connectivity index (χ3v) is 6.22. The summed E-state index contributed by atoms with van der Waals surface area (Å²) in [6.07, 6.45) is 1.79. The van der Waals surface area contributed by atoms with Crippen molar-refractivity contribution in [2.45, 2.75) is 30.5 Å². The van der Waals surface area contributed by atoms with Crippen LogP contribution in [0.25, 0.3) is 11.1 Å². The van der Waals surface area contributed by atoms with Crippen molar-refractivity contribution in [3.8, 4) is 16.9 Å². The lowest BCUT2D eigenvalue weighted by Gasteiger charge is -2.13. The van der Waals surface area contributed by atoms with Crippen LogP contribution in [-0.4, -0.2) is 25.8 Å². The summed E-state index contributed by atoms with van der Waals surface area (Å²) in [7, 11) is 0. The summed E-state index contributed by atoms with van der Waals surface area (Å²) in [4.78, 5) is 12.8. The minimum atomic E-state index is -0.298. The molecular formula is C27H25N3O2S. The van der Waals surface area contributed by atoms with Crippen LogP contribution < -0.4 is 4.74 Å². The molecule has 0 saturated carbocycles. The van der Waals surface area contributed by atoms with Gasteiger partial charge in [0, 0.05) is 17.7 Å². The van der Waals surface area contributed by atoms with Gasteiger partial charge in [0.1, 0.15) is 12.4 Å². The summed E-state index contributed by atoms with van der Waals surface area (Å²) >= 11 is 1.39. The van der Waals surface area contributed by atoms with Gasteiger partial charge in [-0.05, 0) is 18.6 Å². The second kappa shape index (κ2) is 10.8. The van der Waals surface area contributed by atoms with E-state index in [-0.39, 0.29) is 17.6 Å². The van der Waals surface area contributed by atoms with E-state index in [1.807, 2.05) is 84.3 Å². The van der Waals surface area contributed by atoms with E-state index in [4.69, 9.17) is 4.74 Å². The molecule has 166 valence electrons. The Morgan fingerprint density at radius 2 is 1.67 bits per heavy atom. The number of thioether (sulfide) groups is 1. The summed E-state index contributed by atoms with van der Waals surface area (Å²) in [5, 5.41) is 9.05. The molecule has 0 fully saturated rings. The lowest BCUT2D eigenvalue weighted by Crippen LogP contribution is -2.15. The second-order valence-corrected chi connectivity index (χ2v) is 8.75. The minimum absolute atomic E-state index is 0.0586. The third kappa shape index (κ3) is 5.41. The summed E-state index contributed by atoms with van der Waals surface area (Å²) in [5.74, 6) is 1.52. The molecule has 1 heterocycles. The van der Waals surface area contributed by atoms with Gasteiger partial charge < -0.3 is 4.74 Å². The van der Waals surface area contributed by atoms with Crippen molar-refractivity contribution in [3.05, 3.63) is 109 Å². The van der Waals surface area contributed by atoms with E-state index >= 15 is 0 Å². The lowest BCUT2D eigenvalue weighted by molar-refractivity contribution is 0.0994. The molecule has 0 aliphatic heterocycles. The summed E-state index contributed by atoms with van der Waals surface area (Å²) in [6, 6.07) is 27.4. The molecule has 33 heavy (non-hydrogen) atoms. The van der Waals surface area contributed by atoms with E-state index < -0.39 is 0 Å². The zero-order chi connectivity index (χ0) is 23.0.